The molecule has 0 bridgehead atoms. The first-order valence-corrected chi connectivity index (χ1v) is 6.99. The Morgan fingerprint density at radius 1 is 1.11 bits per heavy atom. The van der Waals surface area contributed by atoms with E-state index in [4.69, 9.17) is 4.99 Å². The van der Waals surface area contributed by atoms with Gasteiger partial charge in [0, 0.05) is 23.7 Å². The highest BCUT2D eigenvalue weighted by Gasteiger charge is 2.25. The molecule has 0 spiro atoms. The predicted octanol–water partition coefficient (Wildman–Crippen LogP) is 4.34. The molecule has 1 aliphatic heterocycles. The SMILES string of the molecule is Cc1cccc2c1C(C1CCCCC1)=NCC2.Cl. The van der Waals surface area contributed by atoms with E-state index in [1.807, 2.05) is 0 Å². The van der Waals surface area contributed by atoms with Gasteiger partial charge in [-0.25, -0.2) is 0 Å². The van der Waals surface area contributed by atoms with E-state index >= 15 is 0 Å². The van der Waals surface area contributed by atoms with E-state index in [9.17, 15) is 0 Å². The fraction of sp³-hybridized carbons (Fsp3) is 0.562. The second kappa shape index (κ2) is 5.88. The second-order valence-electron chi connectivity index (χ2n) is 5.46. The Balaban J connectivity index is 0.00000120. The lowest BCUT2D eigenvalue weighted by atomic mass is 9.79. The summed E-state index contributed by atoms with van der Waals surface area (Å²) >= 11 is 0. The van der Waals surface area contributed by atoms with Crippen LogP contribution in [0.1, 0.15) is 48.8 Å². The molecule has 0 amide bonds. The molecule has 98 valence electrons. The topological polar surface area (TPSA) is 12.4 Å². The van der Waals surface area contributed by atoms with Crippen molar-refractivity contribution in [3.8, 4) is 0 Å². The molecule has 1 aromatic rings. The molecule has 0 radical (unpaired) electrons. The van der Waals surface area contributed by atoms with Crippen molar-refractivity contribution >= 4 is 18.1 Å². The molecule has 1 fully saturated rings. The van der Waals surface area contributed by atoms with Crippen LogP contribution < -0.4 is 0 Å². The molecule has 1 heterocycles. The number of rotatable bonds is 1. The number of fused-ring (bicyclic) bond motifs is 1. The minimum absolute atomic E-state index is 0. The Labute approximate surface area is 116 Å². The van der Waals surface area contributed by atoms with E-state index in [1.165, 1.54) is 54.5 Å². The number of halogens is 1. The van der Waals surface area contributed by atoms with Crippen molar-refractivity contribution in [2.24, 2.45) is 10.9 Å². The van der Waals surface area contributed by atoms with Crippen molar-refractivity contribution in [2.75, 3.05) is 6.54 Å². The van der Waals surface area contributed by atoms with Crippen LogP contribution in [0.5, 0.6) is 0 Å². The summed E-state index contributed by atoms with van der Waals surface area (Å²) in [6.45, 7) is 3.24. The summed E-state index contributed by atoms with van der Waals surface area (Å²) in [5, 5.41) is 0. The first kappa shape index (κ1) is 13.6. The van der Waals surface area contributed by atoms with Gasteiger partial charge in [-0.2, -0.15) is 0 Å². The van der Waals surface area contributed by atoms with Gasteiger partial charge in [0.25, 0.3) is 0 Å². The summed E-state index contributed by atoms with van der Waals surface area (Å²) in [5.41, 5.74) is 5.88. The minimum Gasteiger partial charge on any atom is -0.288 e. The summed E-state index contributed by atoms with van der Waals surface area (Å²) < 4.78 is 0. The molecular weight excluding hydrogens is 242 g/mol. The van der Waals surface area contributed by atoms with Gasteiger partial charge in [0.05, 0.1) is 0 Å². The molecule has 0 atom stereocenters. The summed E-state index contributed by atoms with van der Waals surface area (Å²) in [5.74, 6) is 0.740. The van der Waals surface area contributed by atoms with Crippen molar-refractivity contribution < 1.29 is 0 Å². The third-order valence-electron chi connectivity index (χ3n) is 4.27. The summed E-state index contributed by atoms with van der Waals surface area (Å²) in [7, 11) is 0. The number of nitrogens with zero attached hydrogens (tertiary/aromatic N) is 1. The van der Waals surface area contributed by atoms with Crippen LogP contribution in [-0.2, 0) is 6.42 Å². The molecule has 1 aromatic carbocycles. The summed E-state index contributed by atoms with van der Waals surface area (Å²) in [4.78, 5) is 4.87. The lowest BCUT2D eigenvalue weighted by Gasteiger charge is -2.28. The van der Waals surface area contributed by atoms with Gasteiger partial charge in [-0.1, -0.05) is 37.5 Å². The van der Waals surface area contributed by atoms with Gasteiger partial charge < -0.3 is 0 Å². The van der Waals surface area contributed by atoms with E-state index in [0.717, 1.165) is 18.9 Å². The highest BCUT2D eigenvalue weighted by atomic mass is 35.5. The van der Waals surface area contributed by atoms with Gasteiger partial charge in [-0.15, -0.1) is 12.4 Å². The second-order valence-corrected chi connectivity index (χ2v) is 5.46. The summed E-state index contributed by atoms with van der Waals surface area (Å²) in [6.07, 6.45) is 8.05. The normalized spacial score (nSPS) is 19.7. The number of benzene rings is 1. The monoisotopic (exact) mass is 263 g/mol. The highest BCUT2D eigenvalue weighted by Crippen LogP contribution is 2.31. The molecule has 0 N–H and O–H groups in total. The van der Waals surface area contributed by atoms with Crippen LogP contribution in [0.15, 0.2) is 23.2 Å². The largest absolute Gasteiger partial charge is 0.288 e. The smallest absolute Gasteiger partial charge is 0.0457 e. The maximum Gasteiger partial charge on any atom is 0.0457 e. The zero-order valence-corrected chi connectivity index (χ0v) is 11.9. The first-order chi connectivity index (χ1) is 8.36. The molecule has 2 heteroatoms. The fourth-order valence-corrected chi connectivity index (χ4v) is 3.39. The van der Waals surface area contributed by atoms with Crippen LogP contribution in [0.2, 0.25) is 0 Å². The number of hydrogen-bond donors (Lipinski definition) is 0. The Morgan fingerprint density at radius 3 is 2.67 bits per heavy atom. The van der Waals surface area contributed by atoms with Gasteiger partial charge >= 0.3 is 0 Å². The first-order valence-electron chi connectivity index (χ1n) is 6.99. The number of hydrogen-bond acceptors (Lipinski definition) is 1. The minimum atomic E-state index is 0. The molecule has 0 saturated heterocycles. The van der Waals surface area contributed by atoms with Crippen molar-refractivity contribution in [2.45, 2.75) is 45.4 Å². The quantitative estimate of drug-likeness (QED) is 0.715. The molecular formula is C16H22ClN. The van der Waals surface area contributed by atoms with Gasteiger partial charge in [-0.05, 0) is 37.3 Å². The molecule has 1 nitrogen and oxygen atoms in total. The highest BCUT2D eigenvalue weighted by molar-refractivity contribution is 6.05. The molecule has 0 aromatic heterocycles. The Hall–Kier alpha value is -0.820. The van der Waals surface area contributed by atoms with Crippen molar-refractivity contribution in [3.63, 3.8) is 0 Å². The van der Waals surface area contributed by atoms with Crippen molar-refractivity contribution in [3.05, 3.63) is 34.9 Å². The van der Waals surface area contributed by atoms with Gasteiger partial charge in [0.15, 0.2) is 0 Å². The Kier molecular flexibility index (Phi) is 4.45. The average molecular weight is 264 g/mol. The standard InChI is InChI=1S/C16H21N.ClH/c1-12-6-5-9-13-10-11-17-16(15(12)13)14-7-3-2-4-8-14;/h5-6,9,14H,2-4,7-8,10-11H2,1H3;1H. The van der Waals surface area contributed by atoms with Crippen molar-refractivity contribution in [1.29, 1.82) is 0 Å². The Bertz CT molecular complexity index is 444. The predicted molar refractivity (Wildman–Crippen MR) is 80.1 cm³/mol. The van der Waals surface area contributed by atoms with Crippen LogP contribution in [0.4, 0.5) is 0 Å². The van der Waals surface area contributed by atoms with Gasteiger partial charge in [0.2, 0.25) is 0 Å². The number of aryl methyl sites for hydroxylation is 1. The van der Waals surface area contributed by atoms with E-state index < -0.39 is 0 Å². The zero-order valence-electron chi connectivity index (χ0n) is 11.1. The maximum atomic E-state index is 4.87. The molecule has 3 rings (SSSR count). The zero-order chi connectivity index (χ0) is 11.7. The molecule has 2 aliphatic rings. The summed E-state index contributed by atoms with van der Waals surface area (Å²) in [6, 6.07) is 6.72. The average Bonchev–Trinajstić information content (AvgIpc) is 2.39. The van der Waals surface area contributed by atoms with Gasteiger partial charge in [-0.3, -0.25) is 4.99 Å². The van der Waals surface area contributed by atoms with E-state index in [2.05, 4.69) is 25.1 Å². The van der Waals surface area contributed by atoms with Crippen LogP contribution in [0.3, 0.4) is 0 Å². The van der Waals surface area contributed by atoms with E-state index in [-0.39, 0.29) is 12.4 Å². The van der Waals surface area contributed by atoms with Crippen LogP contribution >= 0.6 is 12.4 Å². The van der Waals surface area contributed by atoms with Crippen LogP contribution in [0.25, 0.3) is 0 Å². The Morgan fingerprint density at radius 2 is 1.89 bits per heavy atom. The lowest BCUT2D eigenvalue weighted by molar-refractivity contribution is 0.438. The lowest BCUT2D eigenvalue weighted by Crippen LogP contribution is -2.24. The van der Waals surface area contributed by atoms with Crippen LogP contribution in [0, 0.1) is 12.8 Å². The maximum absolute atomic E-state index is 4.87. The third-order valence-corrected chi connectivity index (χ3v) is 4.27. The van der Waals surface area contributed by atoms with Gasteiger partial charge in [0.1, 0.15) is 0 Å². The number of aliphatic imine (C=N–C) groups is 1. The van der Waals surface area contributed by atoms with E-state index in [1.54, 1.807) is 0 Å². The third kappa shape index (κ3) is 2.47. The van der Waals surface area contributed by atoms with Crippen molar-refractivity contribution in [1.82, 2.24) is 0 Å². The molecule has 18 heavy (non-hydrogen) atoms. The van der Waals surface area contributed by atoms with Crippen LogP contribution in [-0.4, -0.2) is 12.3 Å². The van der Waals surface area contributed by atoms with E-state index in [0.29, 0.717) is 0 Å². The molecule has 1 aliphatic carbocycles. The molecule has 1 saturated carbocycles. The molecule has 0 unspecified atom stereocenters. The fourth-order valence-electron chi connectivity index (χ4n) is 3.39.